The quantitative estimate of drug-likeness (QED) is 0.618. The van der Waals surface area contributed by atoms with E-state index in [1.54, 1.807) is 19.1 Å². The number of amides is 1. The van der Waals surface area contributed by atoms with Crippen LogP contribution in [0.1, 0.15) is 31.9 Å². The molecule has 0 fully saturated rings. The predicted octanol–water partition coefficient (Wildman–Crippen LogP) is 3.98. The molecule has 0 atom stereocenters. The van der Waals surface area contributed by atoms with Crippen molar-refractivity contribution in [1.82, 2.24) is 4.90 Å². The minimum absolute atomic E-state index is 0.0987. The highest BCUT2D eigenvalue weighted by atomic mass is 79.9. The second-order valence-corrected chi connectivity index (χ2v) is 6.38. The third kappa shape index (κ3) is 4.53. The zero-order chi connectivity index (χ0) is 14.6. The van der Waals surface area contributed by atoms with Crippen LogP contribution in [0.3, 0.4) is 0 Å². The Morgan fingerprint density at radius 2 is 2.00 bits per heavy atom. The minimum Gasteiger partial charge on any atom is -0.496 e. The average Bonchev–Trinajstić information content (AvgIpc) is 2.34. The molecule has 0 N–H and O–H groups in total. The molecule has 0 aliphatic heterocycles. The van der Waals surface area contributed by atoms with Gasteiger partial charge in [0.2, 0.25) is 0 Å². The summed E-state index contributed by atoms with van der Waals surface area (Å²) in [7, 11) is 3.45. The third-order valence-corrected chi connectivity index (χ3v) is 3.77. The van der Waals surface area contributed by atoms with Gasteiger partial charge in [-0.25, -0.2) is 0 Å². The van der Waals surface area contributed by atoms with Crippen LogP contribution in [0, 0.1) is 0 Å². The van der Waals surface area contributed by atoms with Crippen molar-refractivity contribution in [3.8, 4) is 5.75 Å². The topological polar surface area (TPSA) is 29.5 Å². The first-order chi connectivity index (χ1) is 8.75. The number of carbonyl (C=O) groups excluding carboxylic acids is 1. The monoisotopic (exact) mass is 327 g/mol. The Balaban J connectivity index is 2.94. The Morgan fingerprint density at radius 3 is 2.47 bits per heavy atom. The van der Waals surface area contributed by atoms with Crippen LogP contribution >= 0.6 is 15.9 Å². The van der Waals surface area contributed by atoms with E-state index in [0.717, 1.165) is 17.7 Å². The SMILES string of the molecule is COc1ccc(C(C)(C)C)cc1CCN(C)C(=O)Br. The van der Waals surface area contributed by atoms with Crippen LogP contribution in [-0.4, -0.2) is 30.4 Å². The van der Waals surface area contributed by atoms with Gasteiger partial charge in [0, 0.05) is 29.5 Å². The molecule has 1 amide bonds. The number of ether oxygens (including phenoxy) is 1. The lowest BCUT2D eigenvalue weighted by molar-refractivity contribution is 0.235. The van der Waals surface area contributed by atoms with Gasteiger partial charge in [-0.15, -0.1) is 0 Å². The second-order valence-electron chi connectivity index (χ2n) is 5.70. The van der Waals surface area contributed by atoms with Gasteiger partial charge in [0.25, 0.3) is 4.82 Å². The van der Waals surface area contributed by atoms with Crippen LogP contribution in [0.2, 0.25) is 0 Å². The van der Waals surface area contributed by atoms with E-state index < -0.39 is 0 Å². The van der Waals surface area contributed by atoms with Gasteiger partial charge in [-0.3, -0.25) is 4.79 Å². The molecule has 19 heavy (non-hydrogen) atoms. The van der Waals surface area contributed by atoms with Crippen molar-refractivity contribution in [1.29, 1.82) is 0 Å². The molecular formula is C15H22BrNO2. The summed E-state index contributed by atoms with van der Waals surface area (Å²) < 4.78 is 5.39. The fraction of sp³-hybridized carbons (Fsp3) is 0.533. The summed E-state index contributed by atoms with van der Waals surface area (Å²) in [5, 5.41) is 0. The van der Waals surface area contributed by atoms with E-state index in [0.29, 0.717) is 6.54 Å². The van der Waals surface area contributed by atoms with Crippen molar-refractivity contribution in [3.63, 3.8) is 0 Å². The number of carbonyl (C=O) groups is 1. The minimum atomic E-state index is -0.0987. The first-order valence-corrected chi connectivity index (χ1v) is 7.13. The maximum atomic E-state index is 11.2. The molecule has 4 heteroatoms. The Hall–Kier alpha value is -1.03. The molecule has 0 heterocycles. The van der Waals surface area contributed by atoms with E-state index in [-0.39, 0.29) is 10.2 Å². The molecule has 0 saturated carbocycles. The lowest BCUT2D eigenvalue weighted by Gasteiger charge is -2.22. The largest absolute Gasteiger partial charge is 0.496 e. The molecule has 0 radical (unpaired) electrons. The summed E-state index contributed by atoms with van der Waals surface area (Å²) in [5.41, 5.74) is 2.52. The molecule has 1 aromatic carbocycles. The van der Waals surface area contributed by atoms with Gasteiger partial charge in [-0.1, -0.05) is 32.9 Å². The van der Waals surface area contributed by atoms with Gasteiger partial charge < -0.3 is 9.64 Å². The number of benzene rings is 1. The van der Waals surface area contributed by atoms with Crippen molar-refractivity contribution in [3.05, 3.63) is 29.3 Å². The first-order valence-electron chi connectivity index (χ1n) is 6.33. The maximum absolute atomic E-state index is 11.2. The highest BCUT2D eigenvalue weighted by molar-refractivity contribution is 9.18. The number of hydrogen-bond acceptors (Lipinski definition) is 2. The standard InChI is InChI=1S/C15H22BrNO2/c1-15(2,3)12-6-7-13(19-5)11(10-12)8-9-17(4)14(16)18/h6-7,10H,8-9H2,1-5H3. The highest BCUT2D eigenvalue weighted by Gasteiger charge is 2.16. The number of methoxy groups -OCH3 is 1. The van der Waals surface area contributed by atoms with Gasteiger partial charge in [-0.2, -0.15) is 0 Å². The average molecular weight is 328 g/mol. The molecule has 0 aromatic heterocycles. The van der Waals surface area contributed by atoms with Crippen molar-refractivity contribution in [2.24, 2.45) is 0 Å². The Morgan fingerprint density at radius 1 is 1.37 bits per heavy atom. The van der Waals surface area contributed by atoms with Crippen LogP contribution in [-0.2, 0) is 11.8 Å². The zero-order valence-electron chi connectivity index (χ0n) is 12.3. The van der Waals surface area contributed by atoms with Crippen LogP contribution in [0.15, 0.2) is 18.2 Å². The maximum Gasteiger partial charge on any atom is 0.289 e. The molecule has 0 bridgehead atoms. The van der Waals surface area contributed by atoms with Crippen molar-refractivity contribution in [2.75, 3.05) is 20.7 Å². The summed E-state index contributed by atoms with van der Waals surface area (Å²) in [4.78, 5) is 12.7. The predicted molar refractivity (Wildman–Crippen MR) is 82.4 cm³/mol. The molecule has 0 unspecified atom stereocenters. The van der Waals surface area contributed by atoms with Crippen LogP contribution < -0.4 is 4.74 Å². The van der Waals surface area contributed by atoms with Gasteiger partial charge in [-0.05, 0) is 29.0 Å². The van der Waals surface area contributed by atoms with Gasteiger partial charge in [0.1, 0.15) is 5.75 Å². The van der Waals surface area contributed by atoms with Gasteiger partial charge in [0.15, 0.2) is 0 Å². The fourth-order valence-corrected chi connectivity index (χ4v) is 1.99. The van der Waals surface area contributed by atoms with Crippen molar-refractivity contribution >= 4 is 20.7 Å². The van der Waals surface area contributed by atoms with E-state index in [2.05, 4.69) is 48.8 Å². The summed E-state index contributed by atoms with van der Waals surface area (Å²) in [5.74, 6) is 0.878. The smallest absolute Gasteiger partial charge is 0.289 e. The van der Waals surface area contributed by atoms with Crippen LogP contribution in [0.4, 0.5) is 4.79 Å². The lowest BCUT2D eigenvalue weighted by atomic mass is 9.85. The zero-order valence-corrected chi connectivity index (χ0v) is 13.9. The number of halogens is 1. The lowest BCUT2D eigenvalue weighted by Crippen LogP contribution is -2.23. The van der Waals surface area contributed by atoms with E-state index in [4.69, 9.17) is 4.74 Å². The normalized spacial score (nSPS) is 11.3. The van der Waals surface area contributed by atoms with E-state index in [1.165, 1.54) is 5.56 Å². The molecular weight excluding hydrogens is 306 g/mol. The molecule has 1 rings (SSSR count). The van der Waals surface area contributed by atoms with Crippen molar-refractivity contribution in [2.45, 2.75) is 32.6 Å². The first kappa shape index (κ1) is 16.0. The summed E-state index contributed by atoms with van der Waals surface area (Å²) in [6.45, 7) is 7.22. The molecule has 1 aromatic rings. The van der Waals surface area contributed by atoms with E-state index in [9.17, 15) is 4.79 Å². The molecule has 0 saturated heterocycles. The number of likely N-dealkylation sites (N-methyl/N-ethyl adjacent to an activating group) is 1. The van der Waals surface area contributed by atoms with Crippen molar-refractivity contribution < 1.29 is 9.53 Å². The molecule has 106 valence electrons. The molecule has 0 spiro atoms. The molecule has 0 aliphatic carbocycles. The molecule has 0 aliphatic rings. The van der Waals surface area contributed by atoms with Crippen LogP contribution in [0.5, 0.6) is 5.75 Å². The Kier molecular flexibility index (Phi) is 5.41. The number of hydrogen-bond donors (Lipinski definition) is 0. The summed E-state index contributed by atoms with van der Waals surface area (Å²) >= 11 is 2.95. The van der Waals surface area contributed by atoms with Gasteiger partial charge in [0.05, 0.1) is 7.11 Å². The van der Waals surface area contributed by atoms with E-state index in [1.807, 2.05) is 6.07 Å². The molecule has 3 nitrogen and oxygen atoms in total. The van der Waals surface area contributed by atoms with Gasteiger partial charge >= 0.3 is 0 Å². The third-order valence-electron chi connectivity index (χ3n) is 3.16. The Labute approximate surface area is 124 Å². The van der Waals surface area contributed by atoms with Crippen LogP contribution in [0.25, 0.3) is 0 Å². The highest BCUT2D eigenvalue weighted by Crippen LogP contribution is 2.28. The second kappa shape index (κ2) is 6.42. The Bertz CT molecular complexity index is 452. The number of rotatable bonds is 4. The number of nitrogens with zero attached hydrogens (tertiary/aromatic N) is 1. The summed E-state index contributed by atoms with van der Waals surface area (Å²) in [6.07, 6.45) is 0.779. The summed E-state index contributed by atoms with van der Waals surface area (Å²) in [6, 6.07) is 6.28. The fourth-order valence-electron chi connectivity index (χ4n) is 1.82. The van der Waals surface area contributed by atoms with E-state index >= 15 is 0 Å².